The quantitative estimate of drug-likeness (QED) is 0.0645. The van der Waals surface area contributed by atoms with Crippen molar-refractivity contribution in [2.75, 3.05) is 89.4 Å². The van der Waals surface area contributed by atoms with E-state index < -0.39 is 60.0 Å². The van der Waals surface area contributed by atoms with Gasteiger partial charge in [0.2, 0.25) is 0 Å². The van der Waals surface area contributed by atoms with Crippen LogP contribution < -0.4 is 0 Å². The molecule has 0 saturated carbocycles. The Morgan fingerprint density at radius 1 is 0.400 bits per heavy atom. The molecule has 21 nitrogen and oxygen atoms in total. The zero-order valence-corrected chi connectivity index (χ0v) is 38.1. The van der Waals surface area contributed by atoms with Crippen molar-refractivity contribution in [1.82, 2.24) is 19.6 Å². The van der Waals surface area contributed by atoms with Crippen molar-refractivity contribution in [3.8, 4) is 0 Å². The van der Waals surface area contributed by atoms with Crippen molar-refractivity contribution in [2.24, 2.45) is 0 Å². The number of hydrogen-bond acceptors (Lipinski definition) is 17. The van der Waals surface area contributed by atoms with Gasteiger partial charge < -0.3 is 44.5 Å². The number of aliphatic hydroxyl groups excluding tert-OH is 1. The Balaban J connectivity index is -0.000000219. The fraction of sp³-hybridized carbons (Fsp3) is 0.795. The van der Waals surface area contributed by atoms with Gasteiger partial charge in [-0.1, -0.05) is 34.6 Å². The summed E-state index contributed by atoms with van der Waals surface area (Å²) in [6.45, 7) is 11.3. The molecule has 0 radical (unpaired) electrons. The minimum atomic E-state index is -1.11. The molecule has 0 aromatic carbocycles. The molecule has 0 amide bonds. The second kappa shape index (κ2) is 41.3. The van der Waals surface area contributed by atoms with Gasteiger partial charge in [-0.15, -0.1) is 0 Å². The number of carbonyl (C=O) groups is 8. The number of hydrogen-bond donors (Lipinski definition) is 5. The first-order valence-electron chi connectivity index (χ1n) is 19.7. The first-order chi connectivity index (χ1) is 27.9. The van der Waals surface area contributed by atoms with Crippen molar-refractivity contribution >= 4 is 47.8 Å². The Labute approximate surface area is 355 Å². The van der Waals surface area contributed by atoms with E-state index in [4.69, 9.17) is 44.5 Å². The van der Waals surface area contributed by atoms with Crippen LogP contribution in [0.5, 0.6) is 0 Å². The highest BCUT2D eigenvalue weighted by Crippen LogP contribution is 2.06. The fourth-order valence-electron chi connectivity index (χ4n) is 3.73. The molecule has 0 rings (SSSR count). The maximum Gasteiger partial charge on any atom is 0.323 e. The standard InChI is InChI=1S/C12H23NO4.2C9H17NO4.C6H11NO4.C3H8O/c1-5-7-16-11(14)9-10(13(3)4)12(15)17-8-6-2;1-4-5-14-8(11)6-7(9(12)13)10(2)3;1-4-5-14-9(13)7(10(2)3)6-8(11)12;1-7(2)4(6(10)11)3-5(8)9;1-2-3-4/h10H,5-9H2,1-4H3;7H,4-6H2,1-3H3,(H,12,13);7H,4-6H2,1-3H3,(H,11,12);4H,3H2,1-2H3,(H,8,9)(H,10,11);4H,2-3H2,1H3. The number of nitrogens with zero attached hydrogens (tertiary/aromatic N) is 4. The summed E-state index contributed by atoms with van der Waals surface area (Å²) in [6.07, 6.45) is 3.23. The number of aliphatic hydroxyl groups is 1. The van der Waals surface area contributed by atoms with Crippen LogP contribution in [0, 0.1) is 0 Å². The molecule has 0 aliphatic heterocycles. The number of rotatable bonds is 25. The van der Waals surface area contributed by atoms with Gasteiger partial charge in [-0.3, -0.25) is 58.0 Å². The van der Waals surface area contributed by atoms with E-state index in [0.717, 1.165) is 32.1 Å². The first kappa shape index (κ1) is 64.7. The summed E-state index contributed by atoms with van der Waals surface area (Å²) in [5.41, 5.74) is 0. The molecule has 354 valence electrons. The summed E-state index contributed by atoms with van der Waals surface area (Å²) in [6, 6.07) is -3.00. The summed E-state index contributed by atoms with van der Waals surface area (Å²) >= 11 is 0. The third-order valence-corrected chi connectivity index (χ3v) is 7.12. The van der Waals surface area contributed by atoms with Crippen LogP contribution in [0.2, 0.25) is 0 Å². The van der Waals surface area contributed by atoms with Gasteiger partial charge in [0.05, 0.1) is 52.1 Å². The molecule has 0 aliphatic rings. The number of carbonyl (C=O) groups excluding carboxylic acids is 4. The van der Waals surface area contributed by atoms with E-state index in [1.165, 1.54) is 23.9 Å². The smallest absolute Gasteiger partial charge is 0.323 e. The van der Waals surface area contributed by atoms with E-state index in [1.54, 1.807) is 52.1 Å². The average Bonchev–Trinajstić information content (AvgIpc) is 3.16. The fourth-order valence-corrected chi connectivity index (χ4v) is 3.73. The lowest BCUT2D eigenvalue weighted by atomic mass is 10.2. The molecule has 0 saturated heterocycles. The van der Waals surface area contributed by atoms with Crippen LogP contribution in [-0.2, 0) is 57.3 Å². The van der Waals surface area contributed by atoms with Crippen LogP contribution in [0.4, 0.5) is 0 Å². The highest BCUT2D eigenvalue weighted by molar-refractivity contribution is 5.83. The largest absolute Gasteiger partial charge is 0.481 e. The Bertz CT molecular complexity index is 1200. The Morgan fingerprint density at radius 2 is 0.633 bits per heavy atom. The number of aliphatic carboxylic acids is 4. The van der Waals surface area contributed by atoms with E-state index in [9.17, 15) is 38.4 Å². The topological polar surface area (TPSA) is 288 Å². The molecular weight excluding hydrogens is 796 g/mol. The normalized spacial score (nSPS) is 12.2. The molecular formula is C39H76N4O17. The molecule has 4 atom stereocenters. The first-order valence-corrected chi connectivity index (χ1v) is 19.7. The van der Waals surface area contributed by atoms with Gasteiger partial charge >= 0.3 is 47.8 Å². The van der Waals surface area contributed by atoms with E-state index in [0.29, 0.717) is 33.0 Å². The minimum absolute atomic E-state index is 0.0372. The second-order valence-corrected chi connectivity index (χ2v) is 13.7. The van der Waals surface area contributed by atoms with Gasteiger partial charge in [0.15, 0.2) is 0 Å². The molecule has 5 N–H and O–H groups in total. The van der Waals surface area contributed by atoms with E-state index in [-0.39, 0.29) is 37.6 Å². The SMILES string of the molecule is CCCO.CCCOC(=O)C(CC(=O)O)N(C)C.CCCOC(=O)CC(C(=O)O)N(C)C.CCCOC(=O)CC(C(=O)OCCC)N(C)C.CN(C)C(CC(=O)O)C(=O)O. The number of ether oxygens (including phenoxy) is 4. The Morgan fingerprint density at radius 3 is 0.850 bits per heavy atom. The van der Waals surface area contributed by atoms with Crippen molar-refractivity contribution in [2.45, 2.75) is 117 Å². The summed E-state index contributed by atoms with van der Waals surface area (Å²) < 4.78 is 19.6. The molecule has 0 bridgehead atoms. The summed E-state index contributed by atoms with van der Waals surface area (Å²) in [5, 5.41) is 42.0. The van der Waals surface area contributed by atoms with Gasteiger partial charge in [-0.2, -0.15) is 0 Å². The number of carboxylic acid groups (broad SMARTS) is 4. The molecule has 0 spiro atoms. The zero-order valence-electron chi connectivity index (χ0n) is 38.1. The van der Waals surface area contributed by atoms with Gasteiger partial charge in [-0.25, -0.2) is 0 Å². The van der Waals surface area contributed by atoms with Crippen LogP contribution >= 0.6 is 0 Å². The lowest BCUT2D eigenvalue weighted by molar-refractivity contribution is -0.155. The van der Waals surface area contributed by atoms with Crippen molar-refractivity contribution < 1.29 is 82.8 Å². The number of carboxylic acids is 4. The predicted molar refractivity (Wildman–Crippen MR) is 221 cm³/mol. The second-order valence-electron chi connectivity index (χ2n) is 13.7. The molecule has 60 heavy (non-hydrogen) atoms. The molecule has 21 heteroatoms. The molecule has 0 aliphatic carbocycles. The van der Waals surface area contributed by atoms with E-state index >= 15 is 0 Å². The lowest BCUT2D eigenvalue weighted by Crippen LogP contribution is -2.39. The third-order valence-electron chi connectivity index (χ3n) is 7.12. The maximum absolute atomic E-state index is 11.7. The molecule has 0 fully saturated rings. The summed E-state index contributed by atoms with van der Waals surface area (Å²) in [5.74, 6) is -5.90. The minimum Gasteiger partial charge on any atom is -0.481 e. The molecule has 4 unspecified atom stereocenters. The molecule has 0 aromatic heterocycles. The predicted octanol–water partition coefficient (Wildman–Crippen LogP) is 1.77. The van der Waals surface area contributed by atoms with Crippen molar-refractivity contribution in [3.63, 3.8) is 0 Å². The van der Waals surface area contributed by atoms with Gasteiger partial charge in [0.1, 0.15) is 24.2 Å². The highest BCUT2D eigenvalue weighted by atomic mass is 16.5. The van der Waals surface area contributed by atoms with Gasteiger partial charge in [0, 0.05) is 6.61 Å². The lowest BCUT2D eigenvalue weighted by Gasteiger charge is -2.21. The summed E-state index contributed by atoms with van der Waals surface area (Å²) in [7, 11) is 13.1. The summed E-state index contributed by atoms with van der Waals surface area (Å²) in [4.78, 5) is 93.3. The van der Waals surface area contributed by atoms with Crippen LogP contribution in [0.15, 0.2) is 0 Å². The highest BCUT2D eigenvalue weighted by Gasteiger charge is 2.27. The van der Waals surface area contributed by atoms with E-state index in [1.807, 2.05) is 34.6 Å². The van der Waals surface area contributed by atoms with Crippen molar-refractivity contribution in [1.29, 1.82) is 0 Å². The zero-order chi connectivity index (χ0) is 48.0. The van der Waals surface area contributed by atoms with Crippen LogP contribution in [0.3, 0.4) is 0 Å². The van der Waals surface area contributed by atoms with Gasteiger partial charge in [0.25, 0.3) is 0 Å². The monoisotopic (exact) mass is 873 g/mol. The van der Waals surface area contributed by atoms with Crippen LogP contribution in [0.25, 0.3) is 0 Å². The number of likely N-dealkylation sites (N-methyl/N-ethyl adjacent to an activating group) is 4. The maximum atomic E-state index is 11.7. The Kier molecular flexibility index (Phi) is 44.5. The van der Waals surface area contributed by atoms with Gasteiger partial charge in [-0.05, 0) is 88.5 Å². The number of esters is 4. The molecule has 0 heterocycles. The van der Waals surface area contributed by atoms with Crippen LogP contribution in [0.1, 0.15) is 92.4 Å². The Hall–Kier alpha value is -4.44. The molecule has 0 aromatic rings. The van der Waals surface area contributed by atoms with Crippen molar-refractivity contribution in [3.05, 3.63) is 0 Å². The average molecular weight is 873 g/mol. The van der Waals surface area contributed by atoms with Crippen LogP contribution in [-0.4, -0.2) is 206 Å². The van der Waals surface area contributed by atoms with E-state index in [2.05, 4.69) is 0 Å². The third kappa shape index (κ3) is 40.3.